The molecule has 1 saturated heterocycles. The van der Waals surface area contributed by atoms with Crippen molar-refractivity contribution in [2.24, 2.45) is 5.92 Å². The molecule has 0 radical (unpaired) electrons. The van der Waals surface area contributed by atoms with Crippen LogP contribution < -0.4 is 0 Å². The molecule has 3 heterocycles. The Bertz CT molecular complexity index is 1050. The highest BCUT2D eigenvalue weighted by Gasteiger charge is 2.32. The van der Waals surface area contributed by atoms with Gasteiger partial charge in [-0.1, -0.05) is 0 Å². The van der Waals surface area contributed by atoms with Gasteiger partial charge >= 0.3 is 6.18 Å². The Labute approximate surface area is 166 Å². The van der Waals surface area contributed by atoms with Gasteiger partial charge in [-0.25, -0.2) is 4.98 Å². The Morgan fingerprint density at radius 1 is 1.21 bits per heavy atom. The summed E-state index contributed by atoms with van der Waals surface area (Å²) in [7, 11) is 2.11. The molecule has 1 N–H and O–H groups in total. The van der Waals surface area contributed by atoms with E-state index in [1.165, 1.54) is 6.92 Å². The van der Waals surface area contributed by atoms with Crippen molar-refractivity contribution in [2.75, 3.05) is 20.1 Å². The van der Waals surface area contributed by atoms with Gasteiger partial charge < -0.3 is 10.0 Å². The molecule has 1 aliphatic rings. The predicted octanol–water partition coefficient (Wildman–Crippen LogP) is 4.39. The number of phenols is 1. The molecule has 0 spiro atoms. The van der Waals surface area contributed by atoms with E-state index in [9.17, 15) is 18.3 Å². The average molecular weight is 404 g/mol. The number of fused-ring (bicyclic) bond motifs is 1. The van der Waals surface area contributed by atoms with Crippen LogP contribution in [0.1, 0.15) is 23.2 Å². The largest absolute Gasteiger partial charge is 0.507 e. The number of halogens is 3. The summed E-state index contributed by atoms with van der Waals surface area (Å²) in [5, 5.41) is 15.8. The van der Waals surface area contributed by atoms with Crippen LogP contribution in [0.2, 0.25) is 0 Å². The van der Waals surface area contributed by atoms with E-state index in [2.05, 4.69) is 22.0 Å². The third-order valence-corrected chi connectivity index (χ3v) is 5.69. The topological polar surface area (TPSA) is 54.2 Å². The molecule has 0 saturated carbocycles. The van der Waals surface area contributed by atoms with Crippen molar-refractivity contribution in [1.82, 2.24) is 19.7 Å². The van der Waals surface area contributed by atoms with Crippen molar-refractivity contribution in [3.63, 3.8) is 0 Å². The lowest BCUT2D eigenvalue weighted by atomic mass is 10.00. The number of nitrogens with zero attached hydrogens (tertiary/aromatic N) is 4. The van der Waals surface area contributed by atoms with E-state index in [1.54, 1.807) is 6.07 Å². The van der Waals surface area contributed by atoms with Crippen LogP contribution >= 0.6 is 0 Å². The molecule has 5 nitrogen and oxygen atoms in total. The second-order valence-corrected chi connectivity index (χ2v) is 7.94. The lowest BCUT2D eigenvalue weighted by Crippen LogP contribution is -2.18. The first-order valence-corrected chi connectivity index (χ1v) is 9.57. The van der Waals surface area contributed by atoms with Gasteiger partial charge in [0.15, 0.2) is 5.65 Å². The number of rotatable bonds is 3. The Morgan fingerprint density at radius 3 is 2.59 bits per heavy atom. The molecule has 0 bridgehead atoms. The van der Waals surface area contributed by atoms with Crippen molar-refractivity contribution in [3.8, 4) is 17.0 Å². The molecule has 1 atom stereocenters. The van der Waals surface area contributed by atoms with Gasteiger partial charge in [0.1, 0.15) is 5.75 Å². The highest BCUT2D eigenvalue weighted by Crippen LogP contribution is 2.39. The molecular formula is C21H23F3N4O. The highest BCUT2D eigenvalue weighted by molar-refractivity contribution is 5.82. The van der Waals surface area contributed by atoms with Crippen LogP contribution in [0.25, 0.3) is 22.3 Å². The summed E-state index contributed by atoms with van der Waals surface area (Å²) in [6, 6.07) is 5.36. The van der Waals surface area contributed by atoms with Gasteiger partial charge in [0.25, 0.3) is 0 Å². The van der Waals surface area contributed by atoms with Crippen LogP contribution in [0.5, 0.6) is 5.75 Å². The molecule has 29 heavy (non-hydrogen) atoms. The fourth-order valence-electron chi connectivity index (χ4n) is 4.14. The second kappa shape index (κ2) is 7.02. The SMILES string of the molecule is Cc1cc(C(F)(F)F)cc(O)c1-c1ccc2c(C)n(CC3CCN(C)C3)nc2n1. The molecule has 2 aromatic heterocycles. The second-order valence-electron chi connectivity index (χ2n) is 7.94. The van der Waals surface area contributed by atoms with E-state index >= 15 is 0 Å². The fourth-order valence-corrected chi connectivity index (χ4v) is 4.14. The number of aromatic hydroxyl groups is 1. The number of pyridine rings is 1. The smallest absolute Gasteiger partial charge is 0.416 e. The summed E-state index contributed by atoms with van der Waals surface area (Å²) in [6.45, 7) is 6.46. The Balaban J connectivity index is 1.71. The minimum atomic E-state index is -4.51. The highest BCUT2D eigenvalue weighted by atomic mass is 19.4. The minimum absolute atomic E-state index is 0.296. The quantitative estimate of drug-likeness (QED) is 0.704. The van der Waals surface area contributed by atoms with Crippen molar-refractivity contribution in [1.29, 1.82) is 0 Å². The van der Waals surface area contributed by atoms with Gasteiger partial charge in [-0.2, -0.15) is 18.3 Å². The van der Waals surface area contributed by atoms with Crippen LogP contribution in [0.15, 0.2) is 24.3 Å². The molecule has 8 heteroatoms. The van der Waals surface area contributed by atoms with Crippen LogP contribution in [-0.4, -0.2) is 44.9 Å². The van der Waals surface area contributed by atoms with Gasteiger partial charge in [-0.3, -0.25) is 4.68 Å². The van der Waals surface area contributed by atoms with Gasteiger partial charge in [0.2, 0.25) is 0 Å². The normalized spacial score (nSPS) is 18.1. The van der Waals surface area contributed by atoms with Crippen molar-refractivity contribution >= 4 is 11.0 Å². The Morgan fingerprint density at radius 2 is 1.97 bits per heavy atom. The lowest BCUT2D eigenvalue weighted by molar-refractivity contribution is -0.137. The zero-order valence-electron chi connectivity index (χ0n) is 16.6. The molecule has 1 unspecified atom stereocenters. The number of hydrogen-bond acceptors (Lipinski definition) is 4. The molecular weight excluding hydrogens is 381 g/mol. The monoisotopic (exact) mass is 404 g/mol. The van der Waals surface area contributed by atoms with Crippen molar-refractivity contribution in [3.05, 3.63) is 41.1 Å². The number of alkyl halides is 3. The summed E-state index contributed by atoms with van der Waals surface area (Å²) < 4.78 is 40.9. The maximum absolute atomic E-state index is 13.0. The zero-order chi connectivity index (χ0) is 20.9. The molecule has 4 rings (SSSR count). The van der Waals surface area contributed by atoms with Gasteiger partial charge in [-0.05, 0) is 69.6 Å². The number of phenolic OH excluding ortho intramolecular Hbond substituents is 1. The summed E-state index contributed by atoms with van der Waals surface area (Å²) in [6.07, 6.45) is -3.38. The number of likely N-dealkylation sites (tertiary alicyclic amines) is 1. The molecule has 154 valence electrons. The lowest BCUT2D eigenvalue weighted by Gasteiger charge is -2.13. The van der Waals surface area contributed by atoms with Crippen LogP contribution in [0.4, 0.5) is 13.2 Å². The van der Waals surface area contributed by atoms with E-state index in [0.717, 1.165) is 49.3 Å². The fraction of sp³-hybridized carbons (Fsp3) is 0.429. The number of aryl methyl sites for hydroxylation is 2. The maximum atomic E-state index is 13.0. The molecule has 1 aliphatic heterocycles. The summed E-state index contributed by atoms with van der Waals surface area (Å²) in [4.78, 5) is 6.85. The van der Waals surface area contributed by atoms with E-state index in [0.29, 0.717) is 28.4 Å². The van der Waals surface area contributed by atoms with E-state index in [1.807, 2.05) is 17.7 Å². The molecule has 1 fully saturated rings. The Kier molecular flexibility index (Phi) is 4.77. The summed E-state index contributed by atoms with van der Waals surface area (Å²) >= 11 is 0. The minimum Gasteiger partial charge on any atom is -0.507 e. The third-order valence-electron chi connectivity index (χ3n) is 5.69. The molecule has 0 amide bonds. The first kappa shape index (κ1) is 19.7. The van der Waals surface area contributed by atoms with Crippen molar-refractivity contribution < 1.29 is 18.3 Å². The van der Waals surface area contributed by atoms with Gasteiger partial charge in [0, 0.05) is 29.7 Å². The number of benzene rings is 1. The van der Waals surface area contributed by atoms with E-state index < -0.39 is 17.5 Å². The summed E-state index contributed by atoms with van der Waals surface area (Å²) in [5.74, 6) is 0.100. The average Bonchev–Trinajstić information content (AvgIpc) is 3.17. The number of hydrogen-bond donors (Lipinski definition) is 1. The predicted molar refractivity (Wildman–Crippen MR) is 105 cm³/mol. The third kappa shape index (κ3) is 3.69. The maximum Gasteiger partial charge on any atom is 0.416 e. The zero-order valence-corrected chi connectivity index (χ0v) is 16.6. The van der Waals surface area contributed by atoms with Crippen LogP contribution in [0.3, 0.4) is 0 Å². The first-order chi connectivity index (χ1) is 13.6. The molecule has 0 aliphatic carbocycles. The Hall–Kier alpha value is -2.61. The molecule has 3 aromatic rings. The van der Waals surface area contributed by atoms with E-state index in [-0.39, 0.29) is 0 Å². The molecule has 1 aromatic carbocycles. The summed E-state index contributed by atoms with van der Waals surface area (Å²) in [5.41, 5.74) is 1.69. The van der Waals surface area contributed by atoms with E-state index in [4.69, 9.17) is 0 Å². The van der Waals surface area contributed by atoms with Crippen LogP contribution in [-0.2, 0) is 12.7 Å². The van der Waals surface area contributed by atoms with Crippen LogP contribution in [0, 0.1) is 19.8 Å². The number of aromatic nitrogens is 3. The van der Waals surface area contributed by atoms with Gasteiger partial charge in [-0.15, -0.1) is 0 Å². The van der Waals surface area contributed by atoms with Gasteiger partial charge in [0.05, 0.1) is 11.3 Å². The van der Waals surface area contributed by atoms with Crippen molar-refractivity contribution in [2.45, 2.75) is 33.0 Å². The standard InChI is InChI=1S/C21H23F3N4O/c1-12-8-15(21(22,23)24)9-18(29)19(12)17-5-4-16-13(2)28(26-20(16)25-17)11-14-6-7-27(3)10-14/h4-5,8-9,14,29H,6-7,10-11H2,1-3H3. The first-order valence-electron chi connectivity index (χ1n) is 9.57.